The molecule has 1 aromatic heterocycles. The van der Waals surface area contributed by atoms with Crippen molar-refractivity contribution in [1.82, 2.24) is 15.3 Å². The van der Waals surface area contributed by atoms with Crippen LogP contribution in [0.15, 0.2) is 12.3 Å². The topological polar surface area (TPSA) is 37.8 Å². The lowest BCUT2D eigenvalue weighted by Gasteiger charge is -2.10. The Kier molecular flexibility index (Phi) is 4.49. The summed E-state index contributed by atoms with van der Waals surface area (Å²) < 4.78 is 0. The third-order valence-corrected chi connectivity index (χ3v) is 3.31. The van der Waals surface area contributed by atoms with Crippen molar-refractivity contribution in [1.29, 1.82) is 0 Å². The van der Waals surface area contributed by atoms with Crippen LogP contribution in [0.1, 0.15) is 57.0 Å². The molecule has 1 aromatic rings. The first-order valence-corrected chi connectivity index (χ1v) is 6.78. The summed E-state index contributed by atoms with van der Waals surface area (Å²) >= 11 is 0. The number of hydrogen-bond donors (Lipinski definition) is 1. The molecule has 1 aliphatic carbocycles. The van der Waals surface area contributed by atoms with Crippen molar-refractivity contribution in [3.8, 4) is 0 Å². The Morgan fingerprint density at radius 2 is 2.12 bits per heavy atom. The van der Waals surface area contributed by atoms with Gasteiger partial charge in [0.15, 0.2) is 0 Å². The molecule has 1 N–H and O–H groups in total. The number of rotatable bonds is 5. The van der Waals surface area contributed by atoms with E-state index in [4.69, 9.17) is 0 Å². The molecule has 0 amide bonds. The fourth-order valence-electron chi connectivity index (χ4n) is 2.38. The zero-order chi connectivity index (χ0) is 12.1. The van der Waals surface area contributed by atoms with Gasteiger partial charge in [-0.25, -0.2) is 9.97 Å². The predicted molar refractivity (Wildman–Crippen MR) is 69.8 cm³/mol. The summed E-state index contributed by atoms with van der Waals surface area (Å²) in [6.45, 7) is 6.34. The molecular weight excluding hydrogens is 210 g/mol. The third-order valence-electron chi connectivity index (χ3n) is 3.31. The van der Waals surface area contributed by atoms with E-state index in [-0.39, 0.29) is 0 Å². The summed E-state index contributed by atoms with van der Waals surface area (Å²) in [7, 11) is 0. The second kappa shape index (κ2) is 6.10. The molecule has 3 nitrogen and oxygen atoms in total. The van der Waals surface area contributed by atoms with Crippen LogP contribution in [0.5, 0.6) is 0 Å². The molecule has 1 aliphatic rings. The molecule has 3 heteroatoms. The zero-order valence-corrected chi connectivity index (χ0v) is 10.9. The average molecular weight is 233 g/mol. The van der Waals surface area contributed by atoms with Gasteiger partial charge >= 0.3 is 0 Å². The lowest BCUT2D eigenvalue weighted by atomic mass is 10.1. The summed E-state index contributed by atoms with van der Waals surface area (Å²) in [5.41, 5.74) is 1.13. The highest BCUT2D eigenvalue weighted by atomic mass is 14.9. The molecule has 17 heavy (non-hydrogen) atoms. The van der Waals surface area contributed by atoms with E-state index in [2.05, 4.69) is 29.1 Å². The van der Waals surface area contributed by atoms with Crippen LogP contribution >= 0.6 is 0 Å². The van der Waals surface area contributed by atoms with Gasteiger partial charge in [-0.1, -0.05) is 26.7 Å². The average Bonchev–Trinajstić information content (AvgIpc) is 2.82. The smallest absolute Gasteiger partial charge is 0.131 e. The van der Waals surface area contributed by atoms with Crippen LogP contribution in [0.3, 0.4) is 0 Å². The van der Waals surface area contributed by atoms with Crippen molar-refractivity contribution < 1.29 is 0 Å². The number of nitrogens with zero attached hydrogens (tertiary/aromatic N) is 2. The lowest BCUT2D eigenvalue weighted by Crippen LogP contribution is -2.20. The molecule has 1 heterocycles. The first kappa shape index (κ1) is 12.5. The van der Waals surface area contributed by atoms with E-state index >= 15 is 0 Å². The van der Waals surface area contributed by atoms with E-state index in [1.165, 1.54) is 25.7 Å². The molecule has 94 valence electrons. The van der Waals surface area contributed by atoms with E-state index in [1.807, 2.05) is 12.3 Å². The normalized spacial score (nSPS) is 16.9. The molecule has 0 aliphatic heterocycles. The number of hydrogen-bond acceptors (Lipinski definition) is 3. The molecule has 0 unspecified atom stereocenters. The highest BCUT2D eigenvalue weighted by Gasteiger charge is 2.19. The quantitative estimate of drug-likeness (QED) is 0.849. The molecule has 1 saturated carbocycles. The fraction of sp³-hybridized carbons (Fsp3) is 0.714. The largest absolute Gasteiger partial charge is 0.311 e. The van der Waals surface area contributed by atoms with Gasteiger partial charge in [-0.05, 0) is 31.4 Å². The summed E-state index contributed by atoms with van der Waals surface area (Å²) in [5, 5.41) is 3.43. The highest BCUT2D eigenvalue weighted by Crippen LogP contribution is 2.31. The summed E-state index contributed by atoms with van der Waals surface area (Å²) in [4.78, 5) is 9.10. The van der Waals surface area contributed by atoms with Crippen LogP contribution in [-0.2, 0) is 6.54 Å². The van der Waals surface area contributed by atoms with Gasteiger partial charge in [0.05, 0.1) is 5.69 Å². The van der Waals surface area contributed by atoms with Gasteiger partial charge in [0.25, 0.3) is 0 Å². The van der Waals surface area contributed by atoms with Crippen molar-refractivity contribution in [3.63, 3.8) is 0 Å². The molecule has 0 radical (unpaired) electrons. The van der Waals surface area contributed by atoms with Gasteiger partial charge in [0, 0.05) is 18.7 Å². The fourth-order valence-corrected chi connectivity index (χ4v) is 2.38. The van der Waals surface area contributed by atoms with Gasteiger partial charge in [0.2, 0.25) is 0 Å². The summed E-state index contributed by atoms with van der Waals surface area (Å²) in [6, 6.07) is 2.02. The van der Waals surface area contributed by atoms with Crippen molar-refractivity contribution in [2.75, 3.05) is 6.54 Å². The van der Waals surface area contributed by atoms with Crippen LogP contribution in [0.4, 0.5) is 0 Å². The Morgan fingerprint density at radius 1 is 1.35 bits per heavy atom. The predicted octanol–water partition coefficient (Wildman–Crippen LogP) is 2.88. The number of nitrogens with one attached hydrogen (secondary N) is 1. The maximum Gasteiger partial charge on any atom is 0.131 e. The Labute approximate surface area is 104 Å². The molecule has 0 saturated heterocycles. The molecule has 0 bridgehead atoms. The molecular formula is C14H23N3. The van der Waals surface area contributed by atoms with Crippen molar-refractivity contribution in [3.05, 3.63) is 23.8 Å². The third kappa shape index (κ3) is 3.77. The molecule has 0 spiro atoms. The van der Waals surface area contributed by atoms with Gasteiger partial charge < -0.3 is 5.32 Å². The maximum absolute atomic E-state index is 4.68. The second-order valence-electron chi connectivity index (χ2n) is 5.41. The number of aromatic nitrogens is 2. The summed E-state index contributed by atoms with van der Waals surface area (Å²) in [5.74, 6) is 2.36. The standard InChI is InChI=1S/C14H23N3/c1-11(2)9-15-10-13-7-8-16-14(17-13)12-5-3-4-6-12/h7-8,11-12,15H,3-6,9-10H2,1-2H3. The summed E-state index contributed by atoms with van der Waals surface area (Å²) in [6.07, 6.45) is 7.12. The van der Waals surface area contributed by atoms with Crippen LogP contribution in [-0.4, -0.2) is 16.5 Å². The first-order valence-electron chi connectivity index (χ1n) is 6.78. The minimum Gasteiger partial charge on any atom is -0.311 e. The van der Waals surface area contributed by atoms with E-state index in [0.717, 1.165) is 24.6 Å². The van der Waals surface area contributed by atoms with E-state index < -0.39 is 0 Å². The lowest BCUT2D eigenvalue weighted by molar-refractivity contribution is 0.545. The minimum absolute atomic E-state index is 0.611. The molecule has 0 atom stereocenters. The van der Waals surface area contributed by atoms with Crippen LogP contribution in [0.25, 0.3) is 0 Å². The van der Waals surface area contributed by atoms with Crippen LogP contribution in [0, 0.1) is 5.92 Å². The van der Waals surface area contributed by atoms with Crippen molar-refractivity contribution in [2.24, 2.45) is 5.92 Å². The Balaban J connectivity index is 1.91. The van der Waals surface area contributed by atoms with E-state index in [9.17, 15) is 0 Å². The zero-order valence-electron chi connectivity index (χ0n) is 10.9. The first-order chi connectivity index (χ1) is 8.25. The van der Waals surface area contributed by atoms with E-state index in [1.54, 1.807) is 0 Å². The molecule has 0 aromatic carbocycles. The van der Waals surface area contributed by atoms with E-state index in [0.29, 0.717) is 11.8 Å². The molecule has 1 fully saturated rings. The Morgan fingerprint density at radius 3 is 2.82 bits per heavy atom. The maximum atomic E-state index is 4.68. The van der Waals surface area contributed by atoms with Gasteiger partial charge in [-0.3, -0.25) is 0 Å². The van der Waals surface area contributed by atoms with Crippen LogP contribution < -0.4 is 5.32 Å². The highest BCUT2D eigenvalue weighted by molar-refractivity contribution is 5.06. The Hall–Kier alpha value is -0.960. The monoisotopic (exact) mass is 233 g/mol. The molecule has 2 rings (SSSR count). The van der Waals surface area contributed by atoms with Crippen molar-refractivity contribution >= 4 is 0 Å². The SMILES string of the molecule is CC(C)CNCc1ccnc(C2CCCC2)n1. The van der Waals surface area contributed by atoms with Crippen LogP contribution in [0.2, 0.25) is 0 Å². The van der Waals surface area contributed by atoms with Crippen molar-refractivity contribution in [2.45, 2.75) is 52.0 Å². The Bertz CT molecular complexity index is 343. The van der Waals surface area contributed by atoms with Gasteiger partial charge in [0.1, 0.15) is 5.82 Å². The second-order valence-corrected chi connectivity index (χ2v) is 5.41. The minimum atomic E-state index is 0.611. The van der Waals surface area contributed by atoms with Gasteiger partial charge in [-0.2, -0.15) is 0 Å². The van der Waals surface area contributed by atoms with Gasteiger partial charge in [-0.15, -0.1) is 0 Å².